The average Bonchev–Trinajstić information content (AvgIpc) is 2.67. The van der Waals surface area contributed by atoms with E-state index in [-0.39, 0.29) is 6.03 Å². The number of amides is 2. The molecule has 1 saturated heterocycles. The van der Waals surface area contributed by atoms with E-state index in [1.165, 1.54) is 11.1 Å². The lowest BCUT2D eigenvalue weighted by Gasteiger charge is -2.34. The Kier molecular flexibility index (Phi) is 6.40. The second-order valence-corrected chi connectivity index (χ2v) is 6.44. The Morgan fingerprint density at radius 3 is 2.40 bits per heavy atom. The van der Waals surface area contributed by atoms with Gasteiger partial charge < -0.3 is 10.2 Å². The Morgan fingerprint density at radius 2 is 1.68 bits per heavy atom. The SMILES string of the molecule is O=C(NCCCc1ccccc1)N1CCN(Cc2ccncc2)CC1. The standard InChI is InChI=1S/C20H26N4O/c25-20(22-10-4-7-18-5-2-1-3-6-18)24-15-13-23(14-16-24)17-19-8-11-21-12-9-19/h1-3,5-6,8-9,11-12H,4,7,10,13-17H2,(H,22,25). The van der Waals surface area contributed by atoms with E-state index in [0.29, 0.717) is 0 Å². The maximum absolute atomic E-state index is 12.3. The molecule has 0 bridgehead atoms. The summed E-state index contributed by atoms with van der Waals surface area (Å²) in [5.41, 5.74) is 2.59. The van der Waals surface area contributed by atoms with E-state index >= 15 is 0 Å². The number of rotatable bonds is 6. The van der Waals surface area contributed by atoms with Crippen LogP contribution in [-0.4, -0.2) is 53.5 Å². The molecular formula is C20H26N4O. The summed E-state index contributed by atoms with van der Waals surface area (Å²) in [5, 5.41) is 3.05. The van der Waals surface area contributed by atoms with Gasteiger partial charge in [-0.2, -0.15) is 0 Å². The van der Waals surface area contributed by atoms with E-state index in [1.54, 1.807) is 0 Å². The van der Waals surface area contributed by atoms with E-state index in [9.17, 15) is 4.79 Å². The largest absolute Gasteiger partial charge is 0.338 e. The number of piperazine rings is 1. The molecule has 5 heteroatoms. The minimum absolute atomic E-state index is 0.0663. The van der Waals surface area contributed by atoms with Gasteiger partial charge in [-0.15, -0.1) is 0 Å². The smallest absolute Gasteiger partial charge is 0.317 e. The van der Waals surface area contributed by atoms with Crippen molar-refractivity contribution in [3.8, 4) is 0 Å². The molecule has 2 aromatic rings. The molecule has 0 radical (unpaired) electrons. The van der Waals surface area contributed by atoms with E-state index in [1.807, 2.05) is 35.5 Å². The predicted molar refractivity (Wildman–Crippen MR) is 99.2 cm³/mol. The maximum atomic E-state index is 12.3. The van der Waals surface area contributed by atoms with Gasteiger partial charge in [0.05, 0.1) is 0 Å². The van der Waals surface area contributed by atoms with Crippen LogP contribution in [0.5, 0.6) is 0 Å². The summed E-state index contributed by atoms with van der Waals surface area (Å²) in [5.74, 6) is 0. The lowest BCUT2D eigenvalue weighted by molar-refractivity contribution is 0.135. The highest BCUT2D eigenvalue weighted by molar-refractivity contribution is 5.74. The van der Waals surface area contributed by atoms with Gasteiger partial charge in [-0.3, -0.25) is 9.88 Å². The van der Waals surface area contributed by atoms with Crippen LogP contribution in [0.4, 0.5) is 4.79 Å². The lowest BCUT2D eigenvalue weighted by atomic mass is 10.1. The molecular weight excluding hydrogens is 312 g/mol. The lowest BCUT2D eigenvalue weighted by Crippen LogP contribution is -2.51. The summed E-state index contributed by atoms with van der Waals surface area (Å²) in [6, 6.07) is 14.6. The summed E-state index contributed by atoms with van der Waals surface area (Å²) in [4.78, 5) is 20.6. The molecule has 132 valence electrons. The fourth-order valence-corrected chi connectivity index (χ4v) is 3.10. The van der Waals surface area contributed by atoms with Crippen LogP contribution in [-0.2, 0) is 13.0 Å². The van der Waals surface area contributed by atoms with Crippen molar-refractivity contribution in [1.82, 2.24) is 20.1 Å². The minimum atomic E-state index is 0.0663. The van der Waals surface area contributed by atoms with E-state index in [2.05, 4.69) is 39.5 Å². The molecule has 1 N–H and O–H groups in total. The van der Waals surface area contributed by atoms with Gasteiger partial charge in [-0.25, -0.2) is 4.79 Å². The maximum Gasteiger partial charge on any atom is 0.317 e. The molecule has 1 aliphatic heterocycles. The highest BCUT2D eigenvalue weighted by atomic mass is 16.2. The first-order valence-electron chi connectivity index (χ1n) is 8.99. The molecule has 2 amide bonds. The van der Waals surface area contributed by atoms with Crippen LogP contribution in [0.2, 0.25) is 0 Å². The second-order valence-electron chi connectivity index (χ2n) is 6.44. The third-order valence-electron chi connectivity index (χ3n) is 4.58. The fraction of sp³-hybridized carbons (Fsp3) is 0.400. The van der Waals surface area contributed by atoms with Gasteiger partial charge in [0.25, 0.3) is 0 Å². The van der Waals surface area contributed by atoms with Crippen molar-refractivity contribution >= 4 is 6.03 Å². The number of hydrogen-bond donors (Lipinski definition) is 1. The Bertz CT molecular complexity index is 639. The molecule has 1 aromatic carbocycles. The number of nitrogens with zero attached hydrogens (tertiary/aromatic N) is 3. The summed E-state index contributed by atoms with van der Waals surface area (Å²) in [7, 11) is 0. The number of urea groups is 1. The molecule has 0 unspecified atom stereocenters. The van der Waals surface area contributed by atoms with Crippen LogP contribution in [0.25, 0.3) is 0 Å². The van der Waals surface area contributed by atoms with Crippen molar-refractivity contribution in [2.24, 2.45) is 0 Å². The molecule has 25 heavy (non-hydrogen) atoms. The number of aromatic nitrogens is 1. The summed E-state index contributed by atoms with van der Waals surface area (Å²) in [6.45, 7) is 5.06. The Labute approximate surface area is 149 Å². The molecule has 5 nitrogen and oxygen atoms in total. The first kappa shape index (κ1) is 17.4. The molecule has 1 fully saturated rings. The van der Waals surface area contributed by atoms with Crippen LogP contribution < -0.4 is 5.32 Å². The van der Waals surface area contributed by atoms with Crippen molar-refractivity contribution in [2.45, 2.75) is 19.4 Å². The predicted octanol–water partition coefficient (Wildman–Crippen LogP) is 2.54. The highest BCUT2D eigenvalue weighted by Gasteiger charge is 2.20. The van der Waals surface area contributed by atoms with Crippen molar-refractivity contribution < 1.29 is 4.79 Å². The zero-order chi connectivity index (χ0) is 17.3. The molecule has 0 aliphatic carbocycles. The van der Waals surface area contributed by atoms with Crippen LogP contribution >= 0.6 is 0 Å². The number of pyridine rings is 1. The normalized spacial score (nSPS) is 15.1. The van der Waals surface area contributed by atoms with E-state index < -0.39 is 0 Å². The van der Waals surface area contributed by atoms with Crippen LogP contribution in [0.15, 0.2) is 54.9 Å². The number of aryl methyl sites for hydroxylation is 1. The number of benzene rings is 1. The van der Waals surface area contributed by atoms with Gasteiger partial charge in [0.15, 0.2) is 0 Å². The number of nitrogens with one attached hydrogen (secondary N) is 1. The summed E-state index contributed by atoms with van der Waals surface area (Å²) >= 11 is 0. The second kappa shape index (κ2) is 9.18. The number of carbonyl (C=O) groups excluding carboxylic acids is 1. The fourth-order valence-electron chi connectivity index (χ4n) is 3.10. The third kappa shape index (κ3) is 5.57. The summed E-state index contributed by atoms with van der Waals surface area (Å²) in [6.07, 6.45) is 5.63. The number of hydrogen-bond acceptors (Lipinski definition) is 3. The van der Waals surface area contributed by atoms with Gasteiger partial charge in [0.2, 0.25) is 0 Å². The minimum Gasteiger partial charge on any atom is -0.338 e. The molecule has 3 rings (SSSR count). The van der Waals surface area contributed by atoms with Gasteiger partial charge in [0.1, 0.15) is 0 Å². The monoisotopic (exact) mass is 338 g/mol. The van der Waals surface area contributed by atoms with Crippen molar-refractivity contribution in [3.05, 3.63) is 66.0 Å². The Hall–Kier alpha value is -2.40. The van der Waals surface area contributed by atoms with Crippen LogP contribution in [0, 0.1) is 0 Å². The highest BCUT2D eigenvalue weighted by Crippen LogP contribution is 2.08. The third-order valence-corrected chi connectivity index (χ3v) is 4.58. The van der Waals surface area contributed by atoms with Crippen molar-refractivity contribution in [2.75, 3.05) is 32.7 Å². The molecule has 2 heterocycles. The topological polar surface area (TPSA) is 48.5 Å². The molecule has 0 saturated carbocycles. The molecule has 1 aromatic heterocycles. The van der Waals surface area contributed by atoms with Crippen LogP contribution in [0.3, 0.4) is 0 Å². The first-order chi connectivity index (χ1) is 12.3. The van der Waals surface area contributed by atoms with E-state index in [0.717, 1.165) is 52.1 Å². The number of carbonyl (C=O) groups is 1. The van der Waals surface area contributed by atoms with E-state index in [4.69, 9.17) is 0 Å². The van der Waals surface area contributed by atoms with Crippen molar-refractivity contribution in [3.63, 3.8) is 0 Å². The van der Waals surface area contributed by atoms with Gasteiger partial charge in [0, 0.05) is 51.7 Å². The molecule has 0 spiro atoms. The Morgan fingerprint density at radius 1 is 0.960 bits per heavy atom. The molecule has 1 aliphatic rings. The van der Waals surface area contributed by atoms with Gasteiger partial charge in [-0.05, 0) is 36.1 Å². The molecule has 0 atom stereocenters. The van der Waals surface area contributed by atoms with Gasteiger partial charge in [-0.1, -0.05) is 30.3 Å². The zero-order valence-electron chi connectivity index (χ0n) is 14.6. The Balaban J connectivity index is 1.33. The zero-order valence-corrected chi connectivity index (χ0v) is 14.6. The van der Waals surface area contributed by atoms with Crippen molar-refractivity contribution in [1.29, 1.82) is 0 Å². The average molecular weight is 338 g/mol. The van der Waals surface area contributed by atoms with Crippen LogP contribution in [0.1, 0.15) is 17.5 Å². The quantitative estimate of drug-likeness (QED) is 0.824. The first-order valence-corrected chi connectivity index (χ1v) is 8.99. The van der Waals surface area contributed by atoms with Gasteiger partial charge >= 0.3 is 6.03 Å². The summed E-state index contributed by atoms with van der Waals surface area (Å²) < 4.78 is 0.